The Morgan fingerprint density at radius 2 is 2.12 bits per heavy atom. The molecule has 2 aromatic heterocycles. The minimum Gasteiger partial charge on any atom is -0.308 e. The van der Waals surface area contributed by atoms with E-state index in [9.17, 15) is 13.6 Å². The molecule has 25 heavy (non-hydrogen) atoms. The summed E-state index contributed by atoms with van der Waals surface area (Å²) in [6.07, 6.45) is 0.884. The number of imidazole rings is 1. The number of nitrogens with zero attached hydrogens (tertiary/aromatic N) is 2. The molecule has 4 rings (SSSR count). The van der Waals surface area contributed by atoms with Gasteiger partial charge in [0.1, 0.15) is 17.6 Å². The van der Waals surface area contributed by atoms with Crippen molar-refractivity contribution < 1.29 is 13.6 Å². The van der Waals surface area contributed by atoms with Crippen molar-refractivity contribution in [1.29, 1.82) is 0 Å². The predicted molar refractivity (Wildman–Crippen MR) is 92.0 cm³/mol. The molecule has 0 saturated heterocycles. The van der Waals surface area contributed by atoms with E-state index >= 15 is 0 Å². The van der Waals surface area contributed by atoms with E-state index in [1.807, 2.05) is 12.1 Å². The number of nitrogens with one attached hydrogen (secondary N) is 1. The van der Waals surface area contributed by atoms with Crippen molar-refractivity contribution in [3.8, 4) is 11.1 Å². The highest BCUT2D eigenvalue weighted by Crippen LogP contribution is 2.35. The molecule has 0 spiro atoms. The van der Waals surface area contributed by atoms with Crippen LogP contribution in [0.15, 0.2) is 36.5 Å². The molecule has 1 aliphatic rings. The number of pyridine rings is 1. The summed E-state index contributed by atoms with van der Waals surface area (Å²) in [6.45, 7) is 1.71. The number of carbonyl (C=O) groups is 1. The van der Waals surface area contributed by atoms with Crippen molar-refractivity contribution in [1.82, 2.24) is 9.38 Å². The number of aromatic nitrogens is 2. The Bertz CT molecular complexity index is 1000. The summed E-state index contributed by atoms with van der Waals surface area (Å²) < 4.78 is 28.4. The standard InChI is InChI=1S/C18H14ClF2N3O/c1-9-11(3-2-4-13(9)20)10-5-6-15-22-17(16(19)24(15)8-10)23-18(25)12-7-14(12)21/h2-6,8,12,14H,7H2,1H3,(H,23,25)/t12-,14+/m1/s1. The van der Waals surface area contributed by atoms with Gasteiger partial charge in [0, 0.05) is 6.20 Å². The zero-order chi connectivity index (χ0) is 17.7. The number of anilines is 1. The van der Waals surface area contributed by atoms with Crippen LogP contribution >= 0.6 is 11.6 Å². The number of hydrogen-bond acceptors (Lipinski definition) is 2. The summed E-state index contributed by atoms with van der Waals surface area (Å²) in [5.74, 6) is -1.13. The van der Waals surface area contributed by atoms with Crippen LogP contribution in [0.1, 0.15) is 12.0 Å². The fourth-order valence-corrected chi connectivity index (χ4v) is 3.04. The second-order valence-electron chi connectivity index (χ2n) is 6.16. The lowest BCUT2D eigenvalue weighted by atomic mass is 10.0. The maximum Gasteiger partial charge on any atom is 0.231 e. The van der Waals surface area contributed by atoms with Gasteiger partial charge in [0.2, 0.25) is 5.91 Å². The largest absolute Gasteiger partial charge is 0.308 e. The van der Waals surface area contributed by atoms with Crippen molar-refractivity contribution in [2.75, 3.05) is 5.32 Å². The van der Waals surface area contributed by atoms with Crippen molar-refractivity contribution >= 4 is 29.0 Å². The van der Waals surface area contributed by atoms with Gasteiger partial charge >= 0.3 is 0 Å². The molecule has 1 aliphatic carbocycles. The average Bonchev–Trinajstić information content (AvgIpc) is 3.25. The quantitative estimate of drug-likeness (QED) is 0.751. The highest BCUT2D eigenvalue weighted by Gasteiger charge is 2.44. The summed E-state index contributed by atoms with van der Waals surface area (Å²) in [6, 6.07) is 8.42. The van der Waals surface area contributed by atoms with Gasteiger partial charge in [-0.1, -0.05) is 23.7 Å². The van der Waals surface area contributed by atoms with E-state index in [1.54, 1.807) is 29.7 Å². The van der Waals surface area contributed by atoms with Crippen molar-refractivity contribution in [3.05, 3.63) is 53.1 Å². The van der Waals surface area contributed by atoms with Gasteiger partial charge in [-0.15, -0.1) is 0 Å². The van der Waals surface area contributed by atoms with Crippen LogP contribution in [-0.4, -0.2) is 21.5 Å². The monoisotopic (exact) mass is 361 g/mol. The summed E-state index contributed by atoms with van der Waals surface area (Å²) in [4.78, 5) is 16.1. The third kappa shape index (κ3) is 2.76. The minimum absolute atomic E-state index is 0.193. The molecule has 4 nitrogen and oxygen atoms in total. The summed E-state index contributed by atoms with van der Waals surface area (Å²) in [5.41, 5.74) is 2.59. The zero-order valence-electron chi connectivity index (χ0n) is 13.3. The van der Waals surface area contributed by atoms with E-state index in [2.05, 4.69) is 10.3 Å². The number of fused-ring (bicyclic) bond motifs is 1. The molecule has 7 heteroatoms. The maximum absolute atomic E-state index is 13.8. The molecule has 2 atom stereocenters. The number of rotatable bonds is 3. The normalized spacial score (nSPS) is 19.2. The summed E-state index contributed by atoms with van der Waals surface area (Å²) in [7, 11) is 0. The van der Waals surface area contributed by atoms with Gasteiger partial charge in [-0.25, -0.2) is 13.8 Å². The highest BCUT2D eigenvalue weighted by molar-refractivity contribution is 6.32. The predicted octanol–water partition coefficient (Wildman–Crippen LogP) is 4.40. The lowest BCUT2D eigenvalue weighted by molar-refractivity contribution is -0.117. The van der Waals surface area contributed by atoms with E-state index in [0.29, 0.717) is 11.2 Å². The Hall–Kier alpha value is -2.47. The number of carbonyl (C=O) groups excluding carboxylic acids is 1. The third-order valence-electron chi connectivity index (χ3n) is 4.43. The zero-order valence-corrected chi connectivity index (χ0v) is 14.0. The third-order valence-corrected chi connectivity index (χ3v) is 4.79. The number of hydrogen-bond donors (Lipinski definition) is 1. The van der Waals surface area contributed by atoms with E-state index in [-0.39, 0.29) is 23.2 Å². The summed E-state index contributed by atoms with van der Waals surface area (Å²) in [5, 5.41) is 2.79. The fraction of sp³-hybridized carbons (Fsp3) is 0.222. The van der Waals surface area contributed by atoms with Gasteiger partial charge in [-0.3, -0.25) is 9.20 Å². The van der Waals surface area contributed by atoms with Crippen LogP contribution in [-0.2, 0) is 4.79 Å². The van der Waals surface area contributed by atoms with Gasteiger partial charge in [-0.2, -0.15) is 0 Å². The van der Waals surface area contributed by atoms with Crippen LogP contribution < -0.4 is 5.32 Å². The van der Waals surface area contributed by atoms with Crippen molar-refractivity contribution in [3.63, 3.8) is 0 Å². The van der Waals surface area contributed by atoms with Gasteiger partial charge in [-0.05, 0) is 48.2 Å². The average molecular weight is 362 g/mol. The maximum atomic E-state index is 13.8. The first-order valence-electron chi connectivity index (χ1n) is 7.83. The Labute approximate surface area is 147 Å². The number of amides is 1. The fourth-order valence-electron chi connectivity index (χ4n) is 2.82. The number of halogens is 3. The molecule has 1 saturated carbocycles. The van der Waals surface area contributed by atoms with Crippen molar-refractivity contribution in [2.45, 2.75) is 19.5 Å². The van der Waals surface area contributed by atoms with E-state index in [0.717, 1.165) is 11.1 Å². The minimum atomic E-state index is -1.08. The Kier molecular flexibility index (Phi) is 3.72. The van der Waals surface area contributed by atoms with Crippen LogP contribution in [0.25, 0.3) is 16.8 Å². The first-order valence-corrected chi connectivity index (χ1v) is 8.21. The summed E-state index contributed by atoms with van der Waals surface area (Å²) >= 11 is 6.31. The first kappa shape index (κ1) is 16.0. The smallest absolute Gasteiger partial charge is 0.231 e. The second-order valence-corrected chi connectivity index (χ2v) is 6.52. The topological polar surface area (TPSA) is 46.4 Å². The van der Waals surface area contributed by atoms with Gasteiger partial charge in [0.15, 0.2) is 11.0 Å². The lowest BCUT2D eigenvalue weighted by Gasteiger charge is -2.07. The number of benzene rings is 1. The molecule has 0 unspecified atom stereocenters. The van der Waals surface area contributed by atoms with E-state index in [4.69, 9.17) is 11.6 Å². The number of alkyl halides is 1. The Morgan fingerprint density at radius 3 is 2.84 bits per heavy atom. The molecule has 0 radical (unpaired) electrons. The van der Waals surface area contributed by atoms with E-state index in [1.165, 1.54) is 6.07 Å². The van der Waals surface area contributed by atoms with Crippen LogP contribution in [0, 0.1) is 18.7 Å². The molecule has 1 amide bonds. The van der Waals surface area contributed by atoms with Crippen LogP contribution in [0.3, 0.4) is 0 Å². The van der Waals surface area contributed by atoms with Gasteiger partial charge in [0.05, 0.1) is 5.92 Å². The lowest BCUT2D eigenvalue weighted by Crippen LogP contribution is -2.15. The SMILES string of the molecule is Cc1c(F)cccc1-c1ccc2nc(NC(=O)[C@@H]3C[C@@H]3F)c(Cl)n2c1. The van der Waals surface area contributed by atoms with Gasteiger partial charge in [0.25, 0.3) is 0 Å². The first-order chi connectivity index (χ1) is 12.0. The molecule has 1 N–H and O–H groups in total. The molecule has 1 fully saturated rings. The molecule has 128 valence electrons. The van der Waals surface area contributed by atoms with Crippen LogP contribution in [0.5, 0.6) is 0 Å². The van der Waals surface area contributed by atoms with Crippen molar-refractivity contribution in [2.24, 2.45) is 5.92 Å². The molecule has 3 aromatic rings. The molecular weight excluding hydrogens is 348 g/mol. The van der Waals surface area contributed by atoms with Crippen LogP contribution in [0.2, 0.25) is 5.15 Å². The molecule has 2 heterocycles. The molecular formula is C18H14ClF2N3O. The molecule has 0 aliphatic heterocycles. The molecule has 1 aromatic carbocycles. The highest BCUT2D eigenvalue weighted by atomic mass is 35.5. The Balaban J connectivity index is 1.72. The molecule has 0 bridgehead atoms. The Morgan fingerprint density at radius 1 is 1.36 bits per heavy atom. The second kappa shape index (κ2) is 5.81. The van der Waals surface area contributed by atoms with Gasteiger partial charge < -0.3 is 5.32 Å². The van der Waals surface area contributed by atoms with Crippen LogP contribution in [0.4, 0.5) is 14.6 Å². The van der Waals surface area contributed by atoms with E-state index < -0.39 is 18.0 Å².